The van der Waals surface area contributed by atoms with Gasteiger partial charge in [0.1, 0.15) is 11.4 Å². The third-order valence-electron chi connectivity index (χ3n) is 3.15. The van der Waals surface area contributed by atoms with Crippen LogP contribution < -0.4 is 5.32 Å². The van der Waals surface area contributed by atoms with E-state index in [0.717, 1.165) is 4.47 Å². The van der Waals surface area contributed by atoms with Gasteiger partial charge in [0.2, 0.25) is 5.91 Å². The molecule has 0 saturated carbocycles. The number of sulfone groups is 1. The molecular weight excluding hydrogens is 428 g/mol. The summed E-state index contributed by atoms with van der Waals surface area (Å²) in [7, 11) is -3.58. The first kappa shape index (κ1) is 17.8. The number of hydrogen-bond acceptors (Lipinski definition) is 6. The van der Waals surface area contributed by atoms with Crippen molar-refractivity contribution in [2.24, 2.45) is 0 Å². The fourth-order valence-electron chi connectivity index (χ4n) is 2.16. The van der Waals surface area contributed by atoms with Gasteiger partial charge in [0, 0.05) is 9.85 Å². The monoisotopic (exact) mass is 440 g/mol. The summed E-state index contributed by atoms with van der Waals surface area (Å²) in [5.41, 5.74) is 1.21. The second-order valence-corrected chi connectivity index (χ2v) is 9.06. The molecule has 130 valence electrons. The summed E-state index contributed by atoms with van der Waals surface area (Å²) in [5.74, 6) is -0.834. The maximum atomic E-state index is 12.2. The molecule has 2 heterocycles. The number of amides is 1. The van der Waals surface area contributed by atoms with Crippen LogP contribution in [0.4, 0.5) is 5.13 Å². The molecule has 1 aromatic carbocycles. The minimum Gasteiger partial charge on any atom is -0.463 e. The van der Waals surface area contributed by atoms with Crippen molar-refractivity contribution >= 4 is 48.1 Å². The highest BCUT2D eigenvalue weighted by molar-refractivity contribution is 9.10. The van der Waals surface area contributed by atoms with Crippen molar-refractivity contribution in [3.8, 4) is 11.5 Å². The fourth-order valence-corrected chi connectivity index (χ4v) is 4.58. The van der Waals surface area contributed by atoms with Gasteiger partial charge in [-0.15, -0.1) is 11.3 Å². The minimum absolute atomic E-state index is 0.199. The SMILES string of the molecule is O=C(CS(=O)(=O)Cc1cccc(Br)c1)Nc1nc(-c2ccco2)cs1. The topological polar surface area (TPSA) is 89.3 Å². The highest BCUT2D eigenvalue weighted by Crippen LogP contribution is 2.25. The smallest absolute Gasteiger partial charge is 0.241 e. The Morgan fingerprint density at radius 2 is 2.12 bits per heavy atom. The summed E-state index contributed by atoms with van der Waals surface area (Å²) in [6, 6.07) is 10.5. The molecule has 0 aliphatic carbocycles. The Labute approximate surface area is 156 Å². The second-order valence-electron chi connectivity index (χ2n) is 5.23. The Hall–Kier alpha value is -1.97. The molecular formula is C16H13BrN2O4S2. The number of nitrogens with one attached hydrogen (secondary N) is 1. The van der Waals surface area contributed by atoms with E-state index in [0.29, 0.717) is 22.1 Å². The van der Waals surface area contributed by atoms with Gasteiger partial charge < -0.3 is 9.73 Å². The number of carbonyl (C=O) groups is 1. The highest BCUT2D eigenvalue weighted by Gasteiger charge is 2.19. The summed E-state index contributed by atoms with van der Waals surface area (Å²) < 4.78 is 30.4. The predicted octanol–water partition coefficient (Wildman–Crippen LogP) is 3.72. The van der Waals surface area contributed by atoms with Crippen LogP contribution in [0.1, 0.15) is 5.56 Å². The Bertz CT molecular complexity index is 981. The van der Waals surface area contributed by atoms with E-state index in [2.05, 4.69) is 26.2 Å². The van der Waals surface area contributed by atoms with Crippen LogP contribution in [0, 0.1) is 0 Å². The van der Waals surface area contributed by atoms with E-state index in [-0.39, 0.29) is 5.75 Å². The second kappa shape index (κ2) is 7.51. The van der Waals surface area contributed by atoms with Crippen molar-refractivity contribution in [3.63, 3.8) is 0 Å². The molecule has 9 heteroatoms. The number of anilines is 1. The van der Waals surface area contributed by atoms with Crippen LogP contribution in [0.2, 0.25) is 0 Å². The van der Waals surface area contributed by atoms with Gasteiger partial charge in [-0.1, -0.05) is 28.1 Å². The van der Waals surface area contributed by atoms with Crippen LogP contribution in [-0.2, 0) is 20.4 Å². The number of aromatic nitrogens is 1. The molecule has 0 atom stereocenters. The quantitative estimate of drug-likeness (QED) is 0.630. The van der Waals surface area contributed by atoms with E-state index in [1.165, 1.54) is 17.6 Å². The minimum atomic E-state index is -3.58. The molecule has 0 spiro atoms. The van der Waals surface area contributed by atoms with E-state index in [4.69, 9.17) is 4.42 Å². The fraction of sp³-hybridized carbons (Fsp3) is 0.125. The van der Waals surface area contributed by atoms with Crippen molar-refractivity contribution in [3.05, 3.63) is 58.1 Å². The van der Waals surface area contributed by atoms with Crippen molar-refractivity contribution in [2.45, 2.75) is 5.75 Å². The number of furan rings is 1. The van der Waals surface area contributed by atoms with Crippen LogP contribution >= 0.6 is 27.3 Å². The molecule has 1 amide bonds. The zero-order valence-electron chi connectivity index (χ0n) is 12.8. The highest BCUT2D eigenvalue weighted by atomic mass is 79.9. The molecule has 0 bridgehead atoms. The molecule has 3 aromatic rings. The van der Waals surface area contributed by atoms with Gasteiger partial charge in [-0.05, 0) is 29.8 Å². The number of nitrogens with zero attached hydrogens (tertiary/aromatic N) is 1. The molecule has 25 heavy (non-hydrogen) atoms. The van der Waals surface area contributed by atoms with E-state index in [1.54, 1.807) is 35.7 Å². The van der Waals surface area contributed by atoms with Gasteiger partial charge in [0.15, 0.2) is 20.7 Å². The Balaban J connectivity index is 1.62. The third kappa shape index (κ3) is 5.00. The van der Waals surface area contributed by atoms with Gasteiger partial charge in [-0.3, -0.25) is 4.79 Å². The van der Waals surface area contributed by atoms with Crippen LogP contribution in [0.5, 0.6) is 0 Å². The average molecular weight is 441 g/mol. The lowest BCUT2D eigenvalue weighted by molar-refractivity contribution is -0.113. The average Bonchev–Trinajstić information content (AvgIpc) is 3.16. The summed E-state index contributed by atoms with van der Waals surface area (Å²) in [4.78, 5) is 16.2. The molecule has 0 aliphatic heterocycles. The molecule has 3 rings (SSSR count). The maximum absolute atomic E-state index is 12.2. The number of halogens is 1. The van der Waals surface area contributed by atoms with Gasteiger partial charge in [-0.25, -0.2) is 13.4 Å². The molecule has 0 saturated heterocycles. The van der Waals surface area contributed by atoms with Crippen molar-refractivity contribution in [1.82, 2.24) is 4.98 Å². The van der Waals surface area contributed by atoms with E-state index in [1.807, 2.05) is 6.07 Å². The zero-order valence-corrected chi connectivity index (χ0v) is 16.0. The number of thiazole rings is 1. The van der Waals surface area contributed by atoms with E-state index >= 15 is 0 Å². The lowest BCUT2D eigenvalue weighted by atomic mass is 10.2. The first-order valence-electron chi connectivity index (χ1n) is 7.15. The van der Waals surface area contributed by atoms with Crippen molar-refractivity contribution in [1.29, 1.82) is 0 Å². The van der Waals surface area contributed by atoms with Crippen LogP contribution in [0.25, 0.3) is 11.5 Å². The van der Waals surface area contributed by atoms with Gasteiger partial charge in [0.05, 0.1) is 12.0 Å². The molecule has 0 unspecified atom stereocenters. The number of carbonyl (C=O) groups excluding carboxylic acids is 1. The molecule has 6 nitrogen and oxygen atoms in total. The third-order valence-corrected chi connectivity index (χ3v) is 5.88. The van der Waals surface area contributed by atoms with Crippen molar-refractivity contribution in [2.75, 3.05) is 11.1 Å². The number of benzene rings is 1. The van der Waals surface area contributed by atoms with E-state index in [9.17, 15) is 13.2 Å². The lowest BCUT2D eigenvalue weighted by Gasteiger charge is -2.05. The lowest BCUT2D eigenvalue weighted by Crippen LogP contribution is -2.23. The summed E-state index contributed by atoms with van der Waals surface area (Å²) in [6.07, 6.45) is 1.53. The normalized spacial score (nSPS) is 11.4. The number of rotatable bonds is 6. The first-order chi connectivity index (χ1) is 11.9. The summed E-state index contributed by atoms with van der Waals surface area (Å²) in [5, 5.41) is 4.57. The van der Waals surface area contributed by atoms with Gasteiger partial charge in [0.25, 0.3) is 0 Å². The standard InChI is InChI=1S/C16H13BrN2O4S2/c17-12-4-1-3-11(7-12)9-25(21,22)10-15(20)19-16-18-13(8-24-16)14-5-2-6-23-14/h1-8H,9-10H2,(H,18,19,20). The van der Waals surface area contributed by atoms with Gasteiger partial charge in [-0.2, -0.15) is 0 Å². The van der Waals surface area contributed by atoms with Crippen LogP contribution in [0.3, 0.4) is 0 Å². The predicted molar refractivity (Wildman–Crippen MR) is 100 cm³/mol. The Morgan fingerprint density at radius 1 is 1.28 bits per heavy atom. The van der Waals surface area contributed by atoms with E-state index < -0.39 is 21.5 Å². The first-order valence-corrected chi connectivity index (χ1v) is 10.6. The largest absolute Gasteiger partial charge is 0.463 e. The molecule has 0 aliphatic rings. The molecule has 0 fully saturated rings. The Morgan fingerprint density at radius 3 is 2.84 bits per heavy atom. The van der Waals surface area contributed by atoms with Crippen LogP contribution in [0.15, 0.2) is 56.9 Å². The van der Waals surface area contributed by atoms with Crippen LogP contribution in [-0.4, -0.2) is 25.1 Å². The zero-order chi connectivity index (χ0) is 17.9. The summed E-state index contributed by atoms with van der Waals surface area (Å²) in [6.45, 7) is 0. The number of hydrogen-bond donors (Lipinski definition) is 1. The molecule has 1 N–H and O–H groups in total. The van der Waals surface area contributed by atoms with Gasteiger partial charge >= 0.3 is 0 Å². The molecule has 0 radical (unpaired) electrons. The Kier molecular flexibility index (Phi) is 5.36. The van der Waals surface area contributed by atoms with Crippen molar-refractivity contribution < 1.29 is 17.6 Å². The molecule has 2 aromatic heterocycles. The maximum Gasteiger partial charge on any atom is 0.241 e. The summed E-state index contributed by atoms with van der Waals surface area (Å²) >= 11 is 4.50.